The molecule has 3 nitrogen and oxygen atoms in total. The van der Waals surface area contributed by atoms with Crippen molar-refractivity contribution in [2.24, 2.45) is 5.73 Å². The molecule has 0 saturated carbocycles. The lowest BCUT2D eigenvalue weighted by molar-refractivity contribution is -0.137. The number of benzene rings is 1. The predicted octanol–water partition coefficient (Wildman–Crippen LogP) is 3.27. The maximum Gasteiger partial charge on any atom is 0.416 e. The summed E-state index contributed by atoms with van der Waals surface area (Å²) in [6.07, 6.45) is -3.31. The fourth-order valence-corrected chi connectivity index (χ4v) is 1.75. The van der Waals surface area contributed by atoms with Gasteiger partial charge in [-0.1, -0.05) is 30.8 Å². The molecule has 108 valence electrons. The minimum Gasteiger partial charge on any atom is -0.366 e. The first-order valence-electron chi connectivity index (χ1n) is 5.92. The van der Waals surface area contributed by atoms with Crippen molar-refractivity contribution in [1.29, 1.82) is 0 Å². The Morgan fingerprint density at radius 1 is 1.14 bits per heavy atom. The van der Waals surface area contributed by atoms with Crippen LogP contribution in [0.3, 0.4) is 0 Å². The zero-order valence-corrected chi connectivity index (χ0v) is 10.8. The van der Waals surface area contributed by atoms with Gasteiger partial charge in [0.2, 0.25) is 5.91 Å². The second-order valence-electron chi connectivity index (χ2n) is 4.35. The van der Waals surface area contributed by atoms with Crippen molar-refractivity contribution in [1.82, 2.24) is 4.98 Å². The summed E-state index contributed by atoms with van der Waals surface area (Å²) in [5.74, 6) is -0.653. The van der Waals surface area contributed by atoms with Crippen molar-refractivity contribution in [3.63, 3.8) is 0 Å². The van der Waals surface area contributed by atoms with Gasteiger partial charge in [0, 0.05) is 17.3 Å². The summed E-state index contributed by atoms with van der Waals surface area (Å²) in [6.45, 7) is 3.53. The fraction of sp³-hybridized carbons (Fsp3) is 0.0667. The van der Waals surface area contributed by atoms with Crippen LogP contribution in [0.15, 0.2) is 49.2 Å². The van der Waals surface area contributed by atoms with Gasteiger partial charge < -0.3 is 5.73 Å². The molecule has 0 unspecified atom stereocenters. The molecule has 1 aromatic heterocycles. The van der Waals surface area contributed by atoms with Gasteiger partial charge in [0.15, 0.2) is 0 Å². The van der Waals surface area contributed by atoms with E-state index in [0.29, 0.717) is 11.1 Å². The molecule has 0 fully saturated rings. The molecular formula is C15H11F3N2O. The minimum absolute atomic E-state index is 0.138. The van der Waals surface area contributed by atoms with Gasteiger partial charge in [-0.3, -0.25) is 9.78 Å². The molecule has 0 spiro atoms. The number of aromatic nitrogens is 1. The second kappa shape index (κ2) is 5.40. The summed E-state index contributed by atoms with van der Waals surface area (Å²) in [6, 6.07) is 8.12. The van der Waals surface area contributed by atoms with Crippen LogP contribution in [0.1, 0.15) is 11.1 Å². The van der Waals surface area contributed by atoms with Gasteiger partial charge >= 0.3 is 6.18 Å². The molecular weight excluding hydrogens is 281 g/mol. The van der Waals surface area contributed by atoms with Crippen molar-refractivity contribution in [2.75, 3.05) is 0 Å². The molecule has 0 aliphatic heterocycles. The number of pyridine rings is 1. The van der Waals surface area contributed by atoms with Gasteiger partial charge in [-0.25, -0.2) is 0 Å². The molecule has 2 rings (SSSR count). The van der Waals surface area contributed by atoms with Gasteiger partial charge in [-0.05, 0) is 17.7 Å². The Morgan fingerprint density at radius 2 is 1.76 bits per heavy atom. The van der Waals surface area contributed by atoms with E-state index >= 15 is 0 Å². The van der Waals surface area contributed by atoms with Gasteiger partial charge in [-0.15, -0.1) is 0 Å². The van der Waals surface area contributed by atoms with Crippen LogP contribution in [0.25, 0.3) is 16.8 Å². The summed E-state index contributed by atoms with van der Waals surface area (Å²) < 4.78 is 38.0. The number of hydrogen-bond acceptors (Lipinski definition) is 2. The predicted molar refractivity (Wildman–Crippen MR) is 72.9 cm³/mol. The van der Waals surface area contributed by atoms with E-state index in [9.17, 15) is 18.0 Å². The smallest absolute Gasteiger partial charge is 0.366 e. The molecule has 6 heteroatoms. The molecule has 2 N–H and O–H groups in total. The Labute approximate surface area is 118 Å². The summed E-state index contributed by atoms with van der Waals surface area (Å²) in [5, 5.41) is 0. The lowest BCUT2D eigenvalue weighted by atomic mass is 10.0. The number of hydrogen-bond donors (Lipinski definition) is 1. The average molecular weight is 292 g/mol. The van der Waals surface area contributed by atoms with Crippen molar-refractivity contribution in [3.8, 4) is 11.3 Å². The summed E-state index contributed by atoms with van der Waals surface area (Å²) in [5.41, 5.74) is 5.69. The summed E-state index contributed by atoms with van der Waals surface area (Å²) in [7, 11) is 0. The first-order chi connectivity index (χ1) is 9.79. The minimum atomic E-state index is -4.42. The molecule has 0 saturated heterocycles. The van der Waals surface area contributed by atoms with Crippen LogP contribution >= 0.6 is 0 Å². The van der Waals surface area contributed by atoms with Crippen LogP contribution in [0.4, 0.5) is 13.2 Å². The molecule has 0 aliphatic rings. The van der Waals surface area contributed by atoms with Crippen molar-refractivity contribution in [3.05, 3.63) is 60.3 Å². The van der Waals surface area contributed by atoms with Crippen LogP contribution in [-0.4, -0.2) is 10.9 Å². The lowest BCUT2D eigenvalue weighted by Gasteiger charge is -2.08. The van der Waals surface area contributed by atoms with Gasteiger partial charge in [0.1, 0.15) is 0 Å². The standard InChI is InChI=1S/C15H11F3N2O/c1-9(14(19)21)10-2-4-11(5-3-10)13-8-12(6-7-20-13)15(16,17)18/h2-8H,1H2,(H2,19,21). The highest BCUT2D eigenvalue weighted by atomic mass is 19.4. The van der Waals surface area contributed by atoms with E-state index in [4.69, 9.17) is 5.73 Å². The van der Waals surface area contributed by atoms with E-state index in [0.717, 1.165) is 18.3 Å². The number of alkyl halides is 3. The Morgan fingerprint density at radius 3 is 2.29 bits per heavy atom. The van der Waals surface area contributed by atoms with Gasteiger partial charge in [0.25, 0.3) is 0 Å². The summed E-state index contributed by atoms with van der Waals surface area (Å²) >= 11 is 0. The number of nitrogens with two attached hydrogens (primary N) is 1. The first kappa shape index (κ1) is 14.8. The molecule has 1 heterocycles. The van der Waals surface area contributed by atoms with Crippen molar-refractivity contribution < 1.29 is 18.0 Å². The zero-order chi connectivity index (χ0) is 15.6. The Kier molecular flexibility index (Phi) is 3.80. The zero-order valence-electron chi connectivity index (χ0n) is 10.8. The van der Waals surface area contributed by atoms with E-state index in [-0.39, 0.29) is 11.3 Å². The Hall–Kier alpha value is -2.63. The Balaban J connectivity index is 2.35. The highest BCUT2D eigenvalue weighted by Crippen LogP contribution is 2.31. The number of halogens is 3. The highest BCUT2D eigenvalue weighted by Gasteiger charge is 2.30. The molecule has 2 aromatic rings. The van der Waals surface area contributed by atoms with Crippen LogP contribution in [0.5, 0.6) is 0 Å². The van der Waals surface area contributed by atoms with E-state index in [1.807, 2.05) is 0 Å². The SMILES string of the molecule is C=C(C(N)=O)c1ccc(-c2cc(C(F)(F)F)ccn2)cc1. The number of rotatable bonds is 3. The van der Waals surface area contributed by atoms with Gasteiger partial charge in [-0.2, -0.15) is 13.2 Å². The maximum absolute atomic E-state index is 12.7. The number of carbonyl (C=O) groups is 1. The third-order valence-electron chi connectivity index (χ3n) is 2.91. The monoisotopic (exact) mass is 292 g/mol. The van der Waals surface area contributed by atoms with Crippen molar-refractivity contribution >= 4 is 11.5 Å². The van der Waals surface area contributed by atoms with Gasteiger partial charge in [0.05, 0.1) is 11.3 Å². The second-order valence-corrected chi connectivity index (χ2v) is 4.35. The van der Waals surface area contributed by atoms with E-state index in [2.05, 4.69) is 11.6 Å². The van der Waals surface area contributed by atoms with Crippen LogP contribution in [0, 0.1) is 0 Å². The normalized spacial score (nSPS) is 11.2. The number of primary amides is 1. The molecule has 1 aromatic carbocycles. The van der Waals surface area contributed by atoms with E-state index < -0.39 is 17.6 Å². The lowest BCUT2D eigenvalue weighted by Crippen LogP contribution is -2.11. The summed E-state index contributed by atoms with van der Waals surface area (Å²) in [4.78, 5) is 14.9. The molecule has 0 radical (unpaired) electrons. The quantitative estimate of drug-likeness (QED) is 0.883. The third kappa shape index (κ3) is 3.28. The molecule has 0 aliphatic carbocycles. The number of amides is 1. The molecule has 1 amide bonds. The molecule has 21 heavy (non-hydrogen) atoms. The Bertz CT molecular complexity index is 691. The number of nitrogens with zero attached hydrogens (tertiary/aromatic N) is 1. The highest BCUT2D eigenvalue weighted by molar-refractivity contribution is 6.17. The third-order valence-corrected chi connectivity index (χ3v) is 2.91. The van der Waals surface area contributed by atoms with E-state index in [1.165, 1.54) is 0 Å². The topological polar surface area (TPSA) is 56.0 Å². The van der Waals surface area contributed by atoms with Crippen LogP contribution in [0.2, 0.25) is 0 Å². The van der Waals surface area contributed by atoms with Crippen molar-refractivity contribution in [2.45, 2.75) is 6.18 Å². The first-order valence-corrected chi connectivity index (χ1v) is 5.92. The fourth-order valence-electron chi connectivity index (χ4n) is 1.75. The number of carbonyl (C=O) groups excluding carboxylic acids is 1. The molecule has 0 bridgehead atoms. The van der Waals surface area contributed by atoms with E-state index in [1.54, 1.807) is 24.3 Å². The van der Waals surface area contributed by atoms with Crippen LogP contribution < -0.4 is 5.73 Å². The average Bonchev–Trinajstić information content (AvgIpc) is 2.46. The largest absolute Gasteiger partial charge is 0.416 e. The van der Waals surface area contributed by atoms with Crippen LogP contribution in [-0.2, 0) is 11.0 Å². The maximum atomic E-state index is 12.7. The molecule has 0 atom stereocenters.